The number of nitrogens with two attached hydrogens (primary N) is 4. The number of nitrogens with one attached hydrogen (secondary N) is 8. The smallest absolute Gasteiger partial charge is 0.326 e. The quantitative estimate of drug-likeness (QED) is 0.0308. The molecule has 0 spiro atoms. The Kier molecular flexibility index (Phi) is 24.1. The van der Waals surface area contributed by atoms with Crippen LogP contribution in [0.4, 0.5) is 0 Å². The summed E-state index contributed by atoms with van der Waals surface area (Å²) in [7, 11) is 0. The van der Waals surface area contributed by atoms with E-state index < -0.39 is 140 Å². The van der Waals surface area contributed by atoms with Crippen LogP contribution in [0.25, 0.3) is 0 Å². The Morgan fingerprint density at radius 1 is 0.683 bits per heavy atom. The van der Waals surface area contributed by atoms with Gasteiger partial charge in [-0.15, -0.1) is 0 Å². The van der Waals surface area contributed by atoms with Crippen molar-refractivity contribution in [3.8, 4) is 0 Å². The molecule has 0 aromatic carbocycles. The number of nitrogens with zero attached hydrogens (tertiary/aromatic N) is 1. The number of primary amides is 2. The van der Waals surface area contributed by atoms with Gasteiger partial charge in [-0.05, 0) is 44.6 Å². The van der Waals surface area contributed by atoms with E-state index in [0.717, 1.165) is 0 Å². The van der Waals surface area contributed by atoms with Crippen LogP contribution >= 0.6 is 0 Å². The van der Waals surface area contributed by atoms with Crippen molar-refractivity contribution in [3.63, 3.8) is 0 Å². The van der Waals surface area contributed by atoms with Gasteiger partial charge in [0.05, 0.1) is 38.4 Å². The number of carbonyl (C=O) groups is 11. The number of H-pyrrole nitrogens is 1. The number of aromatic nitrogens is 2. The van der Waals surface area contributed by atoms with Crippen molar-refractivity contribution in [1.29, 1.82) is 0 Å². The molecule has 0 aliphatic rings. The van der Waals surface area contributed by atoms with E-state index in [-0.39, 0.29) is 31.6 Å². The zero-order chi connectivity index (χ0) is 47.8. The van der Waals surface area contributed by atoms with Crippen LogP contribution in [0.1, 0.15) is 70.9 Å². The Labute approximate surface area is 360 Å². The average molecular weight is 898 g/mol. The Morgan fingerprint density at radius 2 is 1.24 bits per heavy atom. The monoisotopic (exact) mass is 897 g/mol. The molecule has 0 radical (unpaired) electrons. The third-order valence-electron chi connectivity index (χ3n) is 8.85. The van der Waals surface area contributed by atoms with Crippen LogP contribution in [-0.2, 0) is 59.2 Å². The van der Waals surface area contributed by atoms with Crippen molar-refractivity contribution in [2.24, 2.45) is 28.9 Å². The van der Waals surface area contributed by atoms with Gasteiger partial charge >= 0.3 is 11.9 Å². The van der Waals surface area contributed by atoms with Gasteiger partial charge < -0.3 is 80.5 Å². The zero-order valence-electron chi connectivity index (χ0n) is 34.8. The lowest BCUT2D eigenvalue weighted by Crippen LogP contribution is -2.60. The molecule has 1 aromatic heterocycles. The lowest BCUT2D eigenvalue weighted by atomic mass is 10.0. The van der Waals surface area contributed by atoms with Crippen molar-refractivity contribution < 1.29 is 68.1 Å². The van der Waals surface area contributed by atoms with E-state index >= 15 is 0 Å². The van der Waals surface area contributed by atoms with Gasteiger partial charge in [0.15, 0.2) is 0 Å². The fourth-order valence-electron chi connectivity index (χ4n) is 5.63. The number of aliphatic hydroxyl groups is 1. The topological polar surface area (TPSA) is 465 Å². The van der Waals surface area contributed by atoms with Gasteiger partial charge in [-0.25, -0.2) is 9.78 Å². The highest BCUT2D eigenvalue weighted by atomic mass is 16.4. The molecule has 0 aliphatic carbocycles. The molecule has 27 heteroatoms. The maximum absolute atomic E-state index is 13.6. The number of aliphatic carboxylic acids is 2. The van der Waals surface area contributed by atoms with Gasteiger partial charge in [0.25, 0.3) is 0 Å². The van der Waals surface area contributed by atoms with Crippen LogP contribution in [0.15, 0.2) is 12.5 Å². The fraction of sp³-hybridized carbons (Fsp3) is 0.611. The maximum atomic E-state index is 13.6. The van der Waals surface area contributed by atoms with E-state index in [0.29, 0.717) is 25.1 Å². The zero-order valence-corrected chi connectivity index (χ0v) is 34.8. The van der Waals surface area contributed by atoms with E-state index in [4.69, 9.17) is 22.9 Å². The third-order valence-corrected chi connectivity index (χ3v) is 8.85. The molecule has 7 atom stereocenters. The minimum absolute atomic E-state index is 0.0200. The average Bonchev–Trinajstić information content (AvgIpc) is 3.71. The Balaban J connectivity index is 3.15. The molecule has 0 saturated carbocycles. The van der Waals surface area contributed by atoms with Gasteiger partial charge in [0.2, 0.25) is 53.2 Å². The summed E-state index contributed by atoms with van der Waals surface area (Å²) in [6.07, 6.45) is 0.907. The summed E-state index contributed by atoms with van der Waals surface area (Å²) in [4.78, 5) is 145. The van der Waals surface area contributed by atoms with Gasteiger partial charge in [0, 0.05) is 24.7 Å². The number of hydrogen-bond acceptors (Lipinski definition) is 15. The van der Waals surface area contributed by atoms with Crippen LogP contribution in [-0.4, -0.2) is 152 Å². The van der Waals surface area contributed by atoms with E-state index in [1.165, 1.54) is 12.5 Å². The molecule has 0 fully saturated rings. The number of imidazole rings is 1. The van der Waals surface area contributed by atoms with Crippen molar-refractivity contribution in [3.05, 3.63) is 18.2 Å². The molecular formula is C36H59N13O14. The predicted octanol–water partition coefficient (Wildman–Crippen LogP) is -6.83. The molecule has 63 heavy (non-hydrogen) atoms. The summed E-state index contributed by atoms with van der Waals surface area (Å²) in [6.45, 7) is 1.65. The van der Waals surface area contributed by atoms with Crippen molar-refractivity contribution in [2.45, 2.75) is 114 Å². The van der Waals surface area contributed by atoms with Crippen LogP contribution < -0.4 is 60.2 Å². The lowest BCUT2D eigenvalue weighted by Gasteiger charge is -2.27. The van der Waals surface area contributed by atoms with Gasteiger partial charge in [-0.3, -0.25) is 47.9 Å². The van der Waals surface area contributed by atoms with Crippen molar-refractivity contribution in [2.75, 3.05) is 19.7 Å². The van der Waals surface area contributed by atoms with Gasteiger partial charge in [0.1, 0.15) is 36.3 Å². The second kappa shape index (κ2) is 28.0. The Hall–Kier alpha value is -6.74. The van der Waals surface area contributed by atoms with Crippen molar-refractivity contribution >= 4 is 65.1 Å². The first kappa shape index (κ1) is 54.3. The summed E-state index contributed by atoms with van der Waals surface area (Å²) >= 11 is 0. The van der Waals surface area contributed by atoms with E-state index in [1.54, 1.807) is 13.8 Å². The second-order valence-corrected chi connectivity index (χ2v) is 14.7. The molecule has 27 nitrogen and oxygen atoms in total. The summed E-state index contributed by atoms with van der Waals surface area (Å²) in [5, 5.41) is 44.3. The first-order chi connectivity index (χ1) is 29.6. The van der Waals surface area contributed by atoms with Gasteiger partial charge in [-0.1, -0.05) is 13.8 Å². The first-order valence-electron chi connectivity index (χ1n) is 19.7. The third kappa shape index (κ3) is 21.6. The maximum Gasteiger partial charge on any atom is 0.326 e. The van der Waals surface area contributed by atoms with Crippen LogP contribution in [0.5, 0.6) is 0 Å². The molecule has 1 rings (SSSR count). The van der Waals surface area contributed by atoms with E-state index in [9.17, 15) is 68.1 Å². The summed E-state index contributed by atoms with van der Waals surface area (Å²) < 4.78 is 0. The molecule has 352 valence electrons. The number of hydrogen-bond donors (Lipinski definition) is 15. The molecule has 1 heterocycles. The standard InChI is InChI=1S/C36H59N13O14/c1-17(2)9-22(46-34(60)23(11-27(40)52)47-32(58)20(6-7-26(39)51)45-30(56)19(38)10-18-13-41-16-43-18)33(59)49-25(15-50)35(61)48-24(12-29(54)55)31(57)42-14-28(53)44-21(36(62)63)5-3-4-8-37/h13,16-17,19-25,50H,3-12,14-15,37-38H2,1-2H3,(H2,39,51)(H2,40,52)(H,41,43)(H,42,57)(H,44,53)(H,45,56)(H,46,60)(H,47,58)(H,48,61)(H,49,59)(H,54,55)(H,62,63)/t19-,20-,21-,22-,23-,24-,25-/m0/s1. The number of unbranched alkanes of at least 4 members (excludes halogenated alkanes) is 1. The second-order valence-electron chi connectivity index (χ2n) is 14.7. The molecule has 0 saturated heterocycles. The Bertz CT molecular complexity index is 1760. The van der Waals surface area contributed by atoms with Gasteiger partial charge in [-0.2, -0.15) is 0 Å². The van der Waals surface area contributed by atoms with Crippen LogP contribution in [0.3, 0.4) is 0 Å². The number of carbonyl (C=O) groups excluding carboxylic acids is 9. The molecule has 0 bridgehead atoms. The first-order valence-corrected chi connectivity index (χ1v) is 19.7. The molecule has 1 aromatic rings. The largest absolute Gasteiger partial charge is 0.481 e. The normalized spacial score (nSPS) is 14.3. The number of rotatable bonds is 31. The van der Waals surface area contributed by atoms with E-state index in [2.05, 4.69) is 47.2 Å². The summed E-state index contributed by atoms with van der Waals surface area (Å²) in [5.41, 5.74) is 22.4. The van der Waals surface area contributed by atoms with Crippen molar-refractivity contribution in [1.82, 2.24) is 47.2 Å². The number of carboxylic acid groups (broad SMARTS) is 2. The predicted molar refractivity (Wildman–Crippen MR) is 216 cm³/mol. The molecule has 0 unspecified atom stereocenters. The SMILES string of the molecule is CC(C)C[C@H](NC(=O)[C@H](CC(N)=O)NC(=O)[C@H](CCC(N)=O)NC(=O)[C@@H](N)Cc1cnc[nH]1)C(=O)N[C@@H](CO)C(=O)N[C@@H](CC(=O)O)C(=O)NCC(=O)N[C@@H](CCCCN)C(=O)O. The minimum Gasteiger partial charge on any atom is -0.481 e. The minimum atomic E-state index is -1.87. The number of aromatic amines is 1. The van der Waals surface area contributed by atoms with Crippen LogP contribution in [0.2, 0.25) is 0 Å². The summed E-state index contributed by atoms with van der Waals surface area (Å²) in [6, 6.07) is -11.1. The highest BCUT2D eigenvalue weighted by Crippen LogP contribution is 2.09. The molecular weight excluding hydrogens is 838 g/mol. The fourth-order valence-corrected chi connectivity index (χ4v) is 5.63. The molecule has 0 aliphatic heterocycles. The summed E-state index contributed by atoms with van der Waals surface area (Å²) in [5.74, 6) is -12.7. The number of amides is 9. The molecule has 9 amide bonds. The number of carboxylic acids is 2. The molecule has 19 N–H and O–H groups in total. The van der Waals surface area contributed by atoms with E-state index in [1.807, 2.05) is 0 Å². The highest BCUT2D eigenvalue weighted by molar-refractivity contribution is 5.99. The number of aliphatic hydroxyl groups excluding tert-OH is 1. The highest BCUT2D eigenvalue weighted by Gasteiger charge is 2.34. The lowest BCUT2D eigenvalue weighted by molar-refractivity contribution is -0.143. The Morgan fingerprint density at radius 3 is 1.76 bits per heavy atom. The van der Waals surface area contributed by atoms with Crippen LogP contribution in [0, 0.1) is 5.92 Å².